The summed E-state index contributed by atoms with van der Waals surface area (Å²) in [5, 5.41) is 13.6. The molecule has 0 unspecified atom stereocenters. The molecular formula is C11H13N3O4. The van der Waals surface area contributed by atoms with E-state index >= 15 is 0 Å². The fraction of sp³-hybridized carbons (Fsp3) is 0.273. The van der Waals surface area contributed by atoms with Crippen molar-refractivity contribution in [3.63, 3.8) is 0 Å². The van der Waals surface area contributed by atoms with Gasteiger partial charge in [-0.1, -0.05) is 0 Å². The normalized spacial score (nSPS) is 9.61. The fourth-order valence-electron chi connectivity index (χ4n) is 1.17. The highest BCUT2D eigenvalue weighted by molar-refractivity contribution is 5.95. The van der Waals surface area contributed by atoms with E-state index < -0.39 is 11.9 Å². The van der Waals surface area contributed by atoms with E-state index in [0.717, 1.165) is 6.20 Å². The van der Waals surface area contributed by atoms with Gasteiger partial charge in [0.15, 0.2) is 0 Å². The van der Waals surface area contributed by atoms with Crippen LogP contribution in [0.15, 0.2) is 18.3 Å². The van der Waals surface area contributed by atoms with Gasteiger partial charge in [0.05, 0.1) is 12.1 Å². The average Bonchev–Trinajstić information content (AvgIpc) is 2.36. The Kier molecular flexibility index (Phi) is 4.79. The van der Waals surface area contributed by atoms with Crippen LogP contribution in [0.1, 0.15) is 27.8 Å². The number of likely N-dealkylation sites (N-methyl/N-ethyl adjacent to an activating group) is 1. The van der Waals surface area contributed by atoms with Crippen LogP contribution in [0.3, 0.4) is 0 Å². The molecule has 1 aromatic rings. The lowest BCUT2D eigenvalue weighted by Crippen LogP contribution is -2.37. The molecule has 0 atom stereocenters. The number of pyridine rings is 1. The maximum atomic E-state index is 11.5. The third-order valence-corrected chi connectivity index (χ3v) is 2.03. The number of aromatic nitrogens is 1. The summed E-state index contributed by atoms with van der Waals surface area (Å²) in [6, 6.07) is 2.56. The summed E-state index contributed by atoms with van der Waals surface area (Å²) >= 11 is 0. The minimum atomic E-state index is -1.11. The van der Waals surface area contributed by atoms with Crippen molar-refractivity contribution >= 4 is 17.8 Å². The summed E-state index contributed by atoms with van der Waals surface area (Å²) in [5.41, 5.74) is 0.0552. The van der Waals surface area contributed by atoms with E-state index in [4.69, 9.17) is 5.11 Å². The lowest BCUT2D eigenvalue weighted by molar-refractivity contribution is -0.120. The summed E-state index contributed by atoms with van der Waals surface area (Å²) in [7, 11) is 0. The number of rotatable bonds is 5. The molecule has 0 aliphatic rings. The largest absolute Gasteiger partial charge is 0.478 e. The Morgan fingerprint density at radius 1 is 1.28 bits per heavy atom. The Balaban J connectivity index is 2.56. The van der Waals surface area contributed by atoms with Gasteiger partial charge < -0.3 is 15.7 Å². The molecule has 18 heavy (non-hydrogen) atoms. The van der Waals surface area contributed by atoms with Crippen molar-refractivity contribution in [2.75, 3.05) is 13.1 Å². The van der Waals surface area contributed by atoms with Crippen molar-refractivity contribution in [2.45, 2.75) is 6.92 Å². The first-order chi connectivity index (χ1) is 8.54. The van der Waals surface area contributed by atoms with Crippen LogP contribution in [0.25, 0.3) is 0 Å². The molecule has 0 saturated heterocycles. The van der Waals surface area contributed by atoms with Crippen LogP contribution >= 0.6 is 0 Å². The van der Waals surface area contributed by atoms with Crippen LogP contribution in [0.2, 0.25) is 0 Å². The lowest BCUT2D eigenvalue weighted by atomic mass is 10.2. The number of hydrogen-bond acceptors (Lipinski definition) is 4. The topological polar surface area (TPSA) is 108 Å². The summed E-state index contributed by atoms with van der Waals surface area (Å²) in [5.74, 6) is -1.94. The molecule has 0 aliphatic carbocycles. The predicted molar refractivity (Wildman–Crippen MR) is 62.2 cm³/mol. The van der Waals surface area contributed by atoms with Crippen LogP contribution in [-0.2, 0) is 4.79 Å². The number of nitrogens with one attached hydrogen (secondary N) is 2. The van der Waals surface area contributed by atoms with Crippen LogP contribution in [0.5, 0.6) is 0 Å². The molecule has 0 fully saturated rings. The first-order valence-electron chi connectivity index (χ1n) is 5.28. The number of aromatic carboxylic acids is 1. The third-order valence-electron chi connectivity index (χ3n) is 2.03. The zero-order chi connectivity index (χ0) is 13.5. The second kappa shape index (κ2) is 6.33. The zero-order valence-electron chi connectivity index (χ0n) is 9.77. The van der Waals surface area contributed by atoms with Crippen molar-refractivity contribution in [1.82, 2.24) is 15.6 Å². The van der Waals surface area contributed by atoms with Gasteiger partial charge in [-0.05, 0) is 19.1 Å². The Morgan fingerprint density at radius 2 is 2.00 bits per heavy atom. The number of hydrogen-bond donors (Lipinski definition) is 3. The van der Waals surface area contributed by atoms with E-state index in [1.165, 1.54) is 12.1 Å². The van der Waals surface area contributed by atoms with Gasteiger partial charge in [0.2, 0.25) is 5.91 Å². The maximum absolute atomic E-state index is 11.5. The minimum Gasteiger partial charge on any atom is -0.478 e. The molecule has 0 radical (unpaired) electrons. The summed E-state index contributed by atoms with van der Waals surface area (Å²) in [6.45, 7) is 2.11. The fourth-order valence-corrected chi connectivity index (χ4v) is 1.17. The molecule has 1 aromatic heterocycles. The lowest BCUT2D eigenvalue weighted by Gasteiger charge is -2.04. The van der Waals surface area contributed by atoms with E-state index in [1.807, 2.05) is 0 Å². The number of carboxylic acid groups (broad SMARTS) is 1. The van der Waals surface area contributed by atoms with Gasteiger partial charge in [-0.15, -0.1) is 0 Å². The summed E-state index contributed by atoms with van der Waals surface area (Å²) in [6.07, 6.45) is 1.09. The molecule has 1 heterocycles. The van der Waals surface area contributed by atoms with Crippen LogP contribution in [0, 0.1) is 0 Å². The second-order valence-electron chi connectivity index (χ2n) is 3.37. The summed E-state index contributed by atoms with van der Waals surface area (Å²) in [4.78, 5) is 36.9. The van der Waals surface area contributed by atoms with Gasteiger partial charge in [-0.25, -0.2) is 4.79 Å². The van der Waals surface area contributed by atoms with Crippen molar-refractivity contribution in [3.8, 4) is 0 Å². The molecule has 0 aliphatic heterocycles. The minimum absolute atomic E-state index is 0.00437. The highest BCUT2D eigenvalue weighted by Gasteiger charge is 2.10. The van der Waals surface area contributed by atoms with Gasteiger partial charge in [0.25, 0.3) is 5.91 Å². The number of carbonyl (C=O) groups is 3. The smallest absolute Gasteiger partial charge is 0.337 e. The van der Waals surface area contributed by atoms with E-state index in [1.54, 1.807) is 6.92 Å². The van der Waals surface area contributed by atoms with E-state index in [0.29, 0.717) is 6.54 Å². The van der Waals surface area contributed by atoms with Crippen LogP contribution in [0.4, 0.5) is 0 Å². The Morgan fingerprint density at radius 3 is 2.50 bits per heavy atom. The van der Waals surface area contributed by atoms with Gasteiger partial charge in [0.1, 0.15) is 5.69 Å². The highest BCUT2D eigenvalue weighted by Crippen LogP contribution is 2.00. The number of amides is 2. The first kappa shape index (κ1) is 13.6. The molecule has 7 nitrogen and oxygen atoms in total. The van der Waals surface area contributed by atoms with E-state index in [9.17, 15) is 14.4 Å². The van der Waals surface area contributed by atoms with Crippen molar-refractivity contribution < 1.29 is 19.5 Å². The zero-order valence-corrected chi connectivity index (χ0v) is 9.77. The average molecular weight is 251 g/mol. The van der Waals surface area contributed by atoms with Crippen LogP contribution < -0.4 is 10.6 Å². The molecular weight excluding hydrogens is 238 g/mol. The molecule has 2 amide bonds. The van der Waals surface area contributed by atoms with Gasteiger partial charge >= 0.3 is 5.97 Å². The monoisotopic (exact) mass is 251 g/mol. The summed E-state index contributed by atoms with van der Waals surface area (Å²) < 4.78 is 0. The molecule has 0 aromatic carbocycles. The molecule has 3 N–H and O–H groups in total. The predicted octanol–water partition coefficient (Wildman–Crippen LogP) is -0.354. The Hall–Kier alpha value is -2.44. The van der Waals surface area contributed by atoms with Crippen LogP contribution in [-0.4, -0.2) is 41.0 Å². The molecule has 0 spiro atoms. The Bertz CT molecular complexity index is 456. The highest BCUT2D eigenvalue weighted by atomic mass is 16.4. The SMILES string of the molecule is CCNC(=O)CNC(=O)c1ccc(C(=O)O)cn1. The second-order valence-corrected chi connectivity index (χ2v) is 3.37. The molecule has 0 bridgehead atoms. The quantitative estimate of drug-likeness (QED) is 0.662. The number of carbonyl (C=O) groups excluding carboxylic acids is 2. The van der Waals surface area contributed by atoms with E-state index in [2.05, 4.69) is 15.6 Å². The molecule has 7 heteroatoms. The first-order valence-corrected chi connectivity index (χ1v) is 5.28. The number of nitrogens with zero attached hydrogens (tertiary/aromatic N) is 1. The van der Waals surface area contributed by atoms with Gasteiger partial charge in [-0.2, -0.15) is 0 Å². The maximum Gasteiger partial charge on any atom is 0.337 e. The molecule has 1 rings (SSSR count). The molecule has 96 valence electrons. The standard InChI is InChI=1S/C11H13N3O4/c1-2-12-9(15)6-14-10(16)8-4-3-7(5-13-8)11(17)18/h3-5H,2,6H2,1H3,(H,12,15)(H,14,16)(H,17,18). The Labute approximate surface area is 103 Å². The van der Waals surface area contributed by atoms with Crippen molar-refractivity contribution in [3.05, 3.63) is 29.6 Å². The van der Waals surface area contributed by atoms with Gasteiger partial charge in [0, 0.05) is 12.7 Å². The van der Waals surface area contributed by atoms with Gasteiger partial charge in [-0.3, -0.25) is 14.6 Å². The number of carboxylic acids is 1. The van der Waals surface area contributed by atoms with E-state index in [-0.39, 0.29) is 23.7 Å². The molecule has 0 saturated carbocycles. The third kappa shape index (κ3) is 3.85. The van der Waals surface area contributed by atoms with Crippen molar-refractivity contribution in [2.24, 2.45) is 0 Å². The van der Waals surface area contributed by atoms with Crippen molar-refractivity contribution in [1.29, 1.82) is 0 Å².